The molecule has 0 atom stereocenters. The highest BCUT2D eigenvalue weighted by molar-refractivity contribution is 6.17. The van der Waals surface area contributed by atoms with Gasteiger partial charge >= 0.3 is 0 Å². The third-order valence-corrected chi connectivity index (χ3v) is 3.44. The van der Waals surface area contributed by atoms with Crippen LogP contribution in [0.5, 0.6) is 0 Å². The van der Waals surface area contributed by atoms with Gasteiger partial charge in [0.25, 0.3) is 5.91 Å². The highest BCUT2D eigenvalue weighted by Crippen LogP contribution is 2.16. The van der Waals surface area contributed by atoms with Crippen molar-refractivity contribution in [2.75, 3.05) is 25.6 Å². The van der Waals surface area contributed by atoms with E-state index in [1.54, 1.807) is 12.4 Å². The summed E-state index contributed by atoms with van der Waals surface area (Å²) in [5.74, 6) is 0.584. The maximum absolute atomic E-state index is 12.3. The van der Waals surface area contributed by atoms with E-state index in [0.717, 1.165) is 31.5 Å². The lowest BCUT2D eigenvalue weighted by Crippen LogP contribution is -2.41. The number of piperidine rings is 1. The first-order valence-corrected chi connectivity index (χ1v) is 7.12. The maximum Gasteiger partial charge on any atom is 0.255 e. The van der Waals surface area contributed by atoms with Crippen LogP contribution in [0.4, 0.5) is 0 Å². The van der Waals surface area contributed by atoms with Crippen LogP contribution >= 0.6 is 11.6 Å². The van der Waals surface area contributed by atoms with Gasteiger partial charge in [-0.3, -0.25) is 9.78 Å². The van der Waals surface area contributed by atoms with Crippen molar-refractivity contribution in [3.63, 3.8) is 0 Å². The van der Waals surface area contributed by atoms with Gasteiger partial charge in [-0.25, -0.2) is 0 Å². The van der Waals surface area contributed by atoms with Gasteiger partial charge < -0.3 is 9.64 Å². The summed E-state index contributed by atoms with van der Waals surface area (Å²) in [5, 5.41) is 0. The van der Waals surface area contributed by atoms with Crippen LogP contribution in [0.3, 0.4) is 0 Å². The third-order valence-electron chi connectivity index (χ3n) is 3.28. The van der Waals surface area contributed by atoms with Crippen LogP contribution < -0.4 is 0 Å². The van der Waals surface area contributed by atoms with Crippen molar-refractivity contribution >= 4 is 17.5 Å². The fraction of sp³-hybridized carbons (Fsp3) is 0.571. The predicted molar refractivity (Wildman–Crippen MR) is 74.6 cm³/mol. The van der Waals surface area contributed by atoms with Crippen molar-refractivity contribution in [2.24, 2.45) is 0 Å². The fourth-order valence-corrected chi connectivity index (χ4v) is 2.38. The Morgan fingerprint density at radius 1 is 1.47 bits per heavy atom. The normalized spacial score (nSPS) is 16.6. The van der Waals surface area contributed by atoms with Crippen molar-refractivity contribution in [1.82, 2.24) is 9.88 Å². The second-order valence-corrected chi connectivity index (χ2v) is 5.18. The lowest BCUT2D eigenvalue weighted by molar-refractivity contribution is 0.0154. The molecule has 104 valence electrons. The molecule has 0 spiro atoms. The minimum Gasteiger partial charge on any atom is -0.377 e. The Bertz CT molecular complexity index is 431. The number of likely N-dealkylation sites (tertiary alicyclic amines) is 1. The molecule has 1 aromatic heterocycles. The third kappa shape index (κ3) is 3.91. The Kier molecular flexibility index (Phi) is 5.16. The summed E-state index contributed by atoms with van der Waals surface area (Å²) in [6, 6.07) is 1.88. The standard InChI is InChI=1S/C14H19ClN2O2/c1-11-8-12(10-16-9-11)14(18)17-5-2-13(3-6-17)19-7-4-15/h8-10,13H,2-7H2,1H3. The first-order chi connectivity index (χ1) is 9.20. The smallest absolute Gasteiger partial charge is 0.255 e. The van der Waals surface area contributed by atoms with Gasteiger partial charge in [-0.15, -0.1) is 11.6 Å². The van der Waals surface area contributed by atoms with Crippen LogP contribution in [-0.4, -0.2) is 47.5 Å². The summed E-state index contributed by atoms with van der Waals surface area (Å²) in [4.78, 5) is 18.2. The van der Waals surface area contributed by atoms with E-state index in [0.29, 0.717) is 18.1 Å². The maximum atomic E-state index is 12.3. The molecule has 0 aromatic carbocycles. The summed E-state index contributed by atoms with van der Waals surface area (Å²) >= 11 is 5.60. The molecule has 1 fully saturated rings. The molecule has 1 amide bonds. The second kappa shape index (κ2) is 6.87. The predicted octanol–water partition coefficient (Wildman–Crippen LogP) is 2.25. The van der Waals surface area contributed by atoms with Gasteiger partial charge in [-0.05, 0) is 31.4 Å². The van der Waals surface area contributed by atoms with Gasteiger partial charge in [-0.1, -0.05) is 0 Å². The number of carbonyl (C=O) groups is 1. The summed E-state index contributed by atoms with van der Waals surface area (Å²) in [6.07, 6.45) is 5.37. The molecule has 2 heterocycles. The van der Waals surface area contributed by atoms with Crippen molar-refractivity contribution in [3.05, 3.63) is 29.6 Å². The molecule has 5 heteroatoms. The van der Waals surface area contributed by atoms with E-state index in [-0.39, 0.29) is 12.0 Å². The number of nitrogens with zero attached hydrogens (tertiary/aromatic N) is 2. The van der Waals surface area contributed by atoms with Crippen LogP contribution in [0.2, 0.25) is 0 Å². The number of carbonyl (C=O) groups excluding carboxylic acids is 1. The molecule has 19 heavy (non-hydrogen) atoms. The highest BCUT2D eigenvalue weighted by atomic mass is 35.5. The van der Waals surface area contributed by atoms with Crippen LogP contribution in [0.1, 0.15) is 28.8 Å². The van der Waals surface area contributed by atoms with Gasteiger partial charge in [-0.2, -0.15) is 0 Å². The highest BCUT2D eigenvalue weighted by Gasteiger charge is 2.24. The van der Waals surface area contributed by atoms with Crippen LogP contribution in [0.25, 0.3) is 0 Å². The average molecular weight is 283 g/mol. The number of amides is 1. The molecule has 2 rings (SSSR count). The van der Waals surface area contributed by atoms with Gasteiger partial charge in [0.1, 0.15) is 0 Å². The van der Waals surface area contributed by atoms with E-state index in [1.165, 1.54) is 0 Å². The summed E-state index contributed by atoms with van der Waals surface area (Å²) in [5.41, 5.74) is 1.67. The zero-order valence-electron chi connectivity index (χ0n) is 11.1. The first kappa shape index (κ1) is 14.3. The molecule has 0 saturated carbocycles. The van der Waals surface area contributed by atoms with Crippen molar-refractivity contribution in [3.8, 4) is 0 Å². The van der Waals surface area contributed by atoms with E-state index < -0.39 is 0 Å². The Labute approximate surface area is 118 Å². The average Bonchev–Trinajstić information content (AvgIpc) is 2.45. The largest absolute Gasteiger partial charge is 0.377 e. The van der Waals surface area contributed by atoms with Crippen molar-refractivity contribution < 1.29 is 9.53 Å². The lowest BCUT2D eigenvalue weighted by atomic mass is 10.1. The number of rotatable bonds is 4. The number of pyridine rings is 1. The minimum atomic E-state index is 0.0620. The second-order valence-electron chi connectivity index (χ2n) is 4.80. The monoisotopic (exact) mass is 282 g/mol. The molecule has 1 aromatic rings. The van der Waals surface area contributed by atoms with Gasteiger partial charge in [0.15, 0.2) is 0 Å². The van der Waals surface area contributed by atoms with Crippen LogP contribution in [-0.2, 0) is 4.74 Å². The van der Waals surface area contributed by atoms with Gasteiger partial charge in [0.2, 0.25) is 0 Å². The minimum absolute atomic E-state index is 0.0620. The number of aryl methyl sites for hydroxylation is 1. The lowest BCUT2D eigenvalue weighted by Gasteiger charge is -2.31. The van der Waals surface area contributed by atoms with E-state index in [4.69, 9.17) is 16.3 Å². The number of alkyl halides is 1. The molecule has 0 radical (unpaired) electrons. The Hall–Kier alpha value is -1.13. The molecule has 4 nitrogen and oxygen atoms in total. The zero-order valence-corrected chi connectivity index (χ0v) is 11.9. The van der Waals surface area contributed by atoms with E-state index >= 15 is 0 Å². The van der Waals surface area contributed by atoms with E-state index in [1.807, 2.05) is 17.9 Å². The quantitative estimate of drug-likeness (QED) is 0.796. The Morgan fingerprint density at radius 3 is 2.84 bits per heavy atom. The van der Waals surface area contributed by atoms with Crippen molar-refractivity contribution in [2.45, 2.75) is 25.9 Å². The zero-order chi connectivity index (χ0) is 13.7. The van der Waals surface area contributed by atoms with Gasteiger partial charge in [0, 0.05) is 31.4 Å². The molecular weight excluding hydrogens is 264 g/mol. The van der Waals surface area contributed by atoms with Gasteiger partial charge in [0.05, 0.1) is 18.3 Å². The summed E-state index contributed by atoms with van der Waals surface area (Å²) in [7, 11) is 0. The Balaban J connectivity index is 1.89. The fourth-order valence-electron chi connectivity index (χ4n) is 2.29. The molecular formula is C14H19ClN2O2. The summed E-state index contributed by atoms with van der Waals surface area (Å²) < 4.78 is 5.60. The van der Waals surface area contributed by atoms with Crippen LogP contribution in [0, 0.1) is 6.92 Å². The molecule has 1 saturated heterocycles. The Morgan fingerprint density at radius 2 is 2.21 bits per heavy atom. The first-order valence-electron chi connectivity index (χ1n) is 6.59. The van der Waals surface area contributed by atoms with Crippen LogP contribution in [0.15, 0.2) is 18.5 Å². The molecule has 1 aliphatic heterocycles. The van der Waals surface area contributed by atoms with E-state index in [9.17, 15) is 4.79 Å². The molecule has 1 aliphatic rings. The number of aromatic nitrogens is 1. The topological polar surface area (TPSA) is 42.4 Å². The number of hydrogen-bond donors (Lipinski definition) is 0. The molecule has 0 bridgehead atoms. The molecule has 0 unspecified atom stereocenters. The summed E-state index contributed by atoms with van der Waals surface area (Å²) in [6.45, 7) is 4.00. The van der Waals surface area contributed by atoms with Crippen molar-refractivity contribution in [1.29, 1.82) is 0 Å². The number of ether oxygens (including phenoxy) is 1. The number of hydrogen-bond acceptors (Lipinski definition) is 3. The van der Waals surface area contributed by atoms with E-state index in [2.05, 4.69) is 4.98 Å². The number of halogens is 1. The SMILES string of the molecule is Cc1cncc(C(=O)N2CCC(OCCCl)CC2)c1. The molecule has 0 N–H and O–H groups in total. The molecule has 0 aliphatic carbocycles.